The lowest BCUT2D eigenvalue weighted by atomic mass is 10.1. The Labute approximate surface area is 145 Å². The predicted molar refractivity (Wildman–Crippen MR) is 80.4 cm³/mol. The highest BCUT2D eigenvalue weighted by atomic mass is 19.4. The third kappa shape index (κ3) is 2.14. The molecule has 7 nitrogen and oxygen atoms in total. The van der Waals surface area contributed by atoms with Crippen molar-refractivity contribution in [1.29, 1.82) is 0 Å². The Kier molecular flexibility index (Phi) is 2.84. The summed E-state index contributed by atoms with van der Waals surface area (Å²) in [4.78, 5) is 16.7. The van der Waals surface area contributed by atoms with Crippen molar-refractivity contribution in [2.45, 2.75) is 43.3 Å². The largest absolute Gasteiger partial charge is 0.619 e. The molecule has 5 rings (SSSR count). The molecule has 3 aliphatic carbocycles. The van der Waals surface area contributed by atoms with E-state index >= 15 is 0 Å². The fourth-order valence-electron chi connectivity index (χ4n) is 3.83. The maximum absolute atomic E-state index is 13.1. The van der Waals surface area contributed by atoms with E-state index in [1.807, 2.05) is 0 Å². The van der Waals surface area contributed by atoms with Gasteiger partial charge in [0.1, 0.15) is 5.54 Å². The van der Waals surface area contributed by atoms with E-state index in [4.69, 9.17) is 0 Å². The van der Waals surface area contributed by atoms with Crippen LogP contribution in [-0.4, -0.2) is 32.4 Å². The van der Waals surface area contributed by atoms with E-state index in [2.05, 4.69) is 15.4 Å². The fraction of sp³-hybridized carbons (Fsp3) is 0.500. The predicted octanol–water partition coefficient (Wildman–Crippen LogP) is 1.39. The molecule has 0 aromatic carbocycles. The van der Waals surface area contributed by atoms with Gasteiger partial charge in [-0.1, -0.05) is 0 Å². The van der Waals surface area contributed by atoms with Crippen LogP contribution in [0.3, 0.4) is 0 Å². The maximum atomic E-state index is 13.1. The Hall–Kier alpha value is -2.65. The van der Waals surface area contributed by atoms with Crippen LogP contribution in [0.25, 0.3) is 5.82 Å². The molecule has 0 aliphatic heterocycles. The van der Waals surface area contributed by atoms with Crippen molar-refractivity contribution >= 4 is 5.91 Å². The van der Waals surface area contributed by atoms with Crippen LogP contribution in [0.5, 0.6) is 0 Å². The van der Waals surface area contributed by atoms with Gasteiger partial charge >= 0.3 is 6.18 Å². The molecule has 10 heteroatoms. The normalized spacial score (nSPS) is 24.7. The van der Waals surface area contributed by atoms with Crippen molar-refractivity contribution in [2.24, 2.45) is 5.92 Å². The highest BCUT2D eigenvalue weighted by Crippen LogP contribution is 2.57. The van der Waals surface area contributed by atoms with E-state index in [1.54, 1.807) is 0 Å². The molecule has 0 saturated heterocycles. The topological polar surface area (TPSA) is 86.8 Å². The van der Waals surface area contributed by atoms with Gasteiger partial charge in [-0.15, -0.1) is 0 Å². The Balaban J connectivity index is 1.54. The Morgan fingerprint density at radius 2 is 2.19 bits per heavy atom. The lowest BCUT2D eigenvalue weighted by Crippen LogP contribution is -2.48. The number of hydrogen-bond donors (Lipinski definition) is 1. The fourth-order valence-corrected chi connectivity index (χ4v) is 3.83. The van der Waals surface area contributed by atoms with Crippen LogP contribution in [0, 0.1) is 11.1 Å². The molecule has 2 aromatic rings. The van der Waals surface area contributed by atoms with Gasteiger partial charge in [-0.25, -0.2) is 9.67 Å². The maximum Gasteiger partial charge on any atom is 0.411 e. The molecule has 26 heavy (non-hydrogen) atoms. The van der Waals surface area contributed by atoms with Crippen molar-refractivity contribution in [3.05, 3.63) is 40.7 Å². The highest BCUT2D eigenvalue weighted by Gasteiger charge is 2.64. The summed E-state index contributed by atoms with van der Waals surface area (Å²) < 4.78 is 41.4. The molecule has 3 aliphatic rings. The van der Waals surface area contributed by atoms with E-state index in [0.29, 0.717) is 22.6 Å². The minimum absolute atomic E-state index is 0.00540. The van der Waals surface area contributed by atoms with Gasteiger partial charge in [0.05, 0.1) is 11.9 Å². The molecule has 1 N–H and O–H groups in total. The van der Waals surface area contributed by atoms with Crippen LogP contribution in [-0.2, 0) is 6.42 Å². The summed E-state index contributed by atoms with van der Waals surface area (Å²) in [5.41, 5.74) is -0.669. The molecule has 2 heterocycles. The molecule has 2 aromatic heterocycles. The van der Waals surface area contributed by atoms with Gasteiger partial charge in [0.25, 0.3) is 5.91 Å². The quantitative estimate of drug-likeness (QED) is 0.658. The van der Waals surface area contributed by atoms with E-state index in [9.17, 15) is 23.2 Å². The number of hydrogen-bond acceptors (Lipinski definition) is 4. The van der Waals surface area contributed by atoms with Crippen molar-refractivity contribution in [3.8, 4) is 5.82 Å². The second-order valence-corrected chi connectivity index (χ2v) is 7.24. The zero-order valence-corrected chi connectivity index (χ0v) is 13.5. The van der Waals surface area contributed by atoms with Crippen LogP contribution in [0.1, 0.15) is 46.9 Å². The summed E-state index contributed by atoms with van der Waals surface area (Å²) in [5.74, 6) is 0.0458. The molecule has 2 fully saturated rings. The molecule has 0 radical (unpaired) electrons. The second kappa shape index (κ2) is 4.74. The first-order chi connectivity index (χ1) is 12.3. The van der Waals surface area contributed by atoms with E-state index in [0.717, 1.165) is 12.1 Å². The van der Waals surface area contributed by atoms with Crippen LogP contribution >= 0.6 is 0 Å². The molecular formula is C16H14F3N5O2. The smallest absolute Gasteiger partial charge is 0.411 e. The molecule has 0 bridgehead atoms. The zero-order valence-electron chi connectivity index (χ0n) is 13.5. The summed E-state index contributed by atoms with van der Waals surface area (Å²) in [5, 5.41) is 17.9. The summed E-state index contributed by atoms with van der Waals surface area (Å²) in [6.07, 6.45) is 0.621. The van der Waals surface area contributed by atoms with Gasteiger partial charge in [-0.3, -0.25) is 4.79 Å². The van der Waals surface area contributed by atoms with Gasteiger partial charge in [0.2, 0.25) is 12.0 Å². The van der Waals surface area contributed by atoms with Crippen molar-refractivity contribution in [2.75, 3.05) is 0 Å². The van der Waals surface area contributed by atoms with Gasteiger partial charge in [-0.05, 0) is 31.6 Å². The molecule has 136 valence electrons. The SMILES string of the molecule is O=C(NC1(C(F)(F)F)CC1)c1nn(-c2c[n+]([O-])ccn2)c2c1C[C@@H]1C[C@H]21. The van der Waals surface area contributed by atoms with E-state index < -0.39 is 17.6 Å². The Morgan fingerprint density at radius 3 is 2.85 bits per heavy atom. The number of aromatic nitrogens is 4. The number of nitrogens with zero attached hydrogens (tertiary/aromatic N) is 4. The van der Waals surface area contributed by atoms with Gasteiger partial charge < -0.3 is 10.5 Å². The summed E-state index contributed by atoms with van der Waals surface area (Å²) in [7, 11) is 0. The van der Waals surface area contributed by atoms with Crippen molar-refractivity contribution in [3.63, 3.8) is 0 Å². The first-order valence-electron chi connectivity index (χ1n) is 8.35. The monoisotopic (exact) mass is 365 g/mol. The standard InChI is InChI=1S/C16H14F3N5O2/c17-16(18,19)15(1-2-15)21-14(25)12-10-6-8-5-9(8)13(10)24(22-12)11-7-23(26)4-3-20-11/h3-4,7-9H,1-2,5-6H2,(H,21,25)/t8-,9-/m0/s1. The van der Waals surface area contributed by atoms with E-state index in [-0.39, 0.29) is 30.3 Å². The number of fused-ring (bicyclic) bond motifs is 3. The number of rotatable bonds is 3. The number of carbonyl (C=O) groups is 1. The van der Waals surface area contributed by atoms with Crippen LogP contribution in [0.4, 0.5) is 13.2 Å². The molecule has 0 spiro atoms. The zero-order chi connectivity index (χ0) is 18.3. The number of alkyl halides is 3. The van der Waals surface area contributed by atoms with Crippen molar-refractivity contribution < 1.29 is 22.7 Å². The summed E-state index contributed by atoms with van der Waals surface area (Å²) in [6.45, 7) is 0. The van der Waals surface area contributed by atoms with Crippen molar-refractivity contribution in [1.82, 2.24) is 20.1 Å². The first-order valence-corrected chi connectivity index (χ1v) is 8.35. The highest BCUT2D eigenvalue weighted by molar-refractivity contribution is 5.95. The number of halogens is 3. The lowest BCUT2D eigenvalue weighted by Gasteiger charge is -2.20. The van der Waals surface area contributed by atoms with Gasteiger partial charge in [0.15, 0.2) is 11.9 Å². The van der Waals surface area contributed by atoms with E-state index in [1.165, 1.54) is 23.3 Å². The molecular weight excluding hydrogens is 351 g/mol. The van der Waals surface area contributed by atoms with Crippen LogP contribution in [0.15, 0.2) is 18.6 Å². The minimum Gasteiger partial charge on any atom is -0.619 e. The number of carbonyl (C=O) groups excluding carboxylic acids is 1. The van der Waals surface area contributed by atoms with Crippen LogP contribution < -0.4 is 10.0 Å². The molecule has 2 atom stereocenters. The summed E-state index contributed by atoms with van der Waals surface area (Å²) >= 11 is 0. The van der Waals surface area contributed by atoms with Gasteiger partial charge in [0, 0.05) is 11.5 Å². The first kappa shape index (κ1) is 15.6. The summed E-state index contributed by atoms with van der Waals surface area (Å²) in [6, 6.07) is 0. The third-order valence-electron chi connectivity index (χ3n) is 5.50. The minimum atomic E-state index is -4.48. The molecule has 0 unspecified atom stereocenters. The number of amides is 1. The molecule has 1 amide bonds. The second-order valence-electron chi connectivity index (χ2n) is 7.24. The van der Waals surface area contributed by atoms with Crippen LogP contribution in [0.2, 0.25) is 0 Å². The third-order valence-corrected chi connectivity index (χ3v) is 5.50. The molecule has 2 saturated carbocycles. The Bertz CT molecular complexity index is 934. The number of nitrogens with one attached hydrogen (secondary N) is 1. The average Bonchev–Trinajstić information content (AvgIpc) is 3.44. The van der Waals surface area contributed by atoms with Gasteiger partial charge in [-0.2, -0.15) is 23.0 Å². The average molecular weight is 365 g/mol. The lowest BCUT2D eigenvalue weighted by molar-refractivity contribution is -0.605. The Morgan fingerprint density at radius 1 is 1.42 bits per heavy atom.